The second-order valence-corrected chi connectivity index (χ2v) is 5.87. The van der Waals surface area contributed by atoms with Crippen molar-refractivity contribution in [2.75, 3.05) is 6.61 Å². The number of ether oxygens (including phenoxy) is 2. The fraction of sp³-hybridized carbons (Fsp3) is 0.222. The molecule has 0 saturated heterocycles. The minimum Gasteiger partial charge on any atom is -0.462 e. The lowest BCUT2D eigenvalue weighted by Gasteiger charge is -2.07. The van der Waals surface area contributed by atoms with Crippen molar-refractivity contribution in [2.45, 2.75) is 20.3 Å². The first-order chi connectivity index (χ1) is 11.0. The monoisotopic (exact) mass is 376 g/mol. The molecule has 5 heteroatoms. The van der Waals surface area contributed by atoms with E-state index in [0.29, 0.717) is 23.5 Å². The van der Waals surface area contributed by atoms with Crippen LogP contribution in [0.5, 0.6) is 5.75 Å². The summed E-state index contributed by atoms with van der Waals surface area (Å²) < 4.78 is 11.2. The van der Waals surface area contributed by atoms with E-state index in [2.05, 4.69) is 15.9 Å². The maximum atomic E-state index is 12.1. The van der Waals surface area contributed by atoms with Crippen molar-refractivity contribution in [1.82, 2.24) is 0 Å². The van der Waals surface area contributed by atoms with Crippen LogP contribution in [-0.2, 0) is 4.74 Å². The number of hydrogen-bond donors (Lipinski definition) is 0. The molecule has 0 bridgehead atoms. The highest BCUT2D eigenvalue weighted by Crippen LogP contribution is 2.20. The van der Waals surface area contributed by atoms with Gasteiger partial charge in [-0.25, -0.2) is 9.59 Å². The Morgan fingerprint density at radius 2 is 1.65 bits per heavy atom. The molecule has 0 N–H and O–H groups in total. The van der Waals surface area contributed by atoms with Crippen molar-refractivity contribution in [1.29, 1.82) is 0 Å². The Kier molecular flexibility index (Phi) is 5.93. The first kappa shape index (κ1) is 17.2. The van der Waals surface area contributed by atoms with Crippen LogP contribution in [0.15, 0.2) is 46.9 Å². The van der Waals surface area contributed by atoms with Crippen molar-refractivity contribution < 1.29 is 19.1 Å². The highest BCUT2D eigenvalue weighted by atomic mass is 79.9. The van der Waals surface area contributed by atoms with Gasteiger partial charge in [0, 0.05) is 4.47 Å². The summed E-state index contributed by atoms with van der Waals surface area (Å²) in [6, 6.07) is 11.6. The van der Waals surface area contributed by atoms with E-state index >= 15 is 0 Å². The fourth-order valence-corrected chi connectivity index (χ4v) is 2.20. The maximum Gasteiger partial charge on any atom is 0.343 e. The predicted octanol–water partition coefficient (Wildman–Crippen LogP) is 4.54. The fourth-order valence-electron chi connectivity index (χ4n) is 1.82. The second-order valence-electron chi connectivity index (χ2n) is 5.01. The van der Waals surface area contributed by atoms with Crippen molar-refractivity contribution >= 4 is 27.9 Å². The number of carbonyl (C=O) groups is 2. The Bertz CT molecular complexity index is 707. The van der Waals surface area contributed by atoms with Crippen LogP contribution in [0.4, 0.5) is 0 Å². The van der Waals surface area contributed by atoms with E-state index in [1.165, 1.54) is 0 Å². The van der Waals surface area contributed by atoms with Gasteiger partial charge in [0.1, 0.15) is 5.75 Å². The topological polar surface area (TPSA) is 52.6 Å². The zero-order chi connectivity index (χ0) is 16.8. The summed E-state index contributed by atoms with van der Waals surface area (Å²) in [6.45, 7) is 4.26. The van der Waals surface area contributed by atoms with Crippen LogP contribution in [0.1, 0.15) is 39.6 Å². The largest absolute Gasteiger partial charge is 0.462 e. The van der Waals surface area contributed by atoms with Crippen LogP contribution in [0.25, 0.3) is 0 Å². The summed E-state index contributed by atoms with van der Waals surface area (Å²) >= 11 is 3.39. The van der Waals surface area contributed by atoms with Gasteiger partial charge in [-0.1, -0.05) is 28.9 Å². The summed E-state index contributed by atoms with van der Waals surface area (Å²) in [5.74, 6) is -0.460. The van der Waals surface area contributed by atoms with Crippen LogP contribution in [-0.4, -0.2) is 18.5 Å². The van der Waals surface area contributed by atoms with Gasteiger partial charge in [-0.15, -0.1) is 0 Å². The Hall–Kier alpha value is -2.14. The number of carbonyl (C=O) groups excluding carboxylic acids is 2. The van der Waals surface area contributed by atoms with Crippen molar-refractivity contribution in [3.63, 3.8) is 0 Å². The molecule has 0 spiro atoms. The molecule has 0 aliphatic rings. The highest BCUT2D eigenvalue weighted by Gasteiger charge is 2.11. The van der Waals surface area contributed by atoms with Gasteiger partial charge in [0.15, 0.2) is 0 Å². The van der Waals surface area contributed by atoms with Crippen molar-refractivity contribution in [3.8, 4) is 5.75 Å². The molecule has 2 rings (SSSR count). The normalized spacial score (nSPS) is 10.2. The molecule has 0 heterocycles. The van der Waals surface area contributed by atoms with E-state index < -0.39 is 5.97 Å². The summed E-state index contributed by atoms with van der Waals surface area (Å²) in [7, 11) is 0. The molecular weight excluding hydrogens is 360 g/mol. The standard InChI is InChI=1S/C18H17BrO4/c1-3-10-22-17(20)13-6-8-15(9-7-13)23-18(21)14-5-4-12(2)16(19)11-14/h4-9,11H,3,10H2,1-2H3. The molecule has 0 aliphatic carbocycles. The lowest BCUT2D eigenvalue weighted by molar-refractivity contribution is 0.0505. The average Bonchev–Trinajstić information content (AvgIpc) is 2.55. The van der Waals surface area contributed by atoms with E-state index in [9.17, 15) is 9.59 Å². The zero-order valence-corrected chi connectivity index (χ0v) is 14.6. The van der Waals surface area contributed by atoms with Gasteiger partial charge in [0.25, 0.3) is 0 Å². The van der Waals surface area contributed by atoms with Crippen LogP contribution < -0.4 is 4.74 Å². The highest BCUT2D eigenvalue weighted by molar-refractivity contribution is 9.10. The minimum absolute atomic E-state index is 0.374. The number of esters is 2. The predicted molar refractivity (Wildman–Crippen MR) is 90.9 cm³/mol. The Balaban J connectivity index is 2.04. The summed E-state index contributed by atoms with van der Waals surface area (Å²) in [6.07, 6.45) is 0.771. The number of benzene rings is 2. The molecule has 0 aliphatic heterocycles. The summed E-state index contributed by atoms with van der Waals surface area (Å²) in [5.41, 5.74) is 1.92. The Labute approximate surface area is 143 Å². The van der Waals surface area contributed by atoms with Crippen molar-refractivity contribution in [2.24, 2.45) is 0 Å². The molecule has 2 aromatic carbocycles. The first-order valence-corrected chi connectivity index (χ1v) is 8.06. The molecule has 2 aromatic rings. The quantitative estimate of drug-likeness (QED) is 0.567. The molecule has 0 atom stereocenters. The molecule has 0 radical (unpaired) electrons. The van der Waals surface area contributed by atoms with E-state index in [-0.39, 0.29) is 5.97 Å². The Morgan fingerprint density at radius 1 is 1.00 bits per heavy atom. The van der Waals surface area contributed by atoms with Gasteiger partial charge in [-0.05, 0) is 55.3 Å². The summed E-state index contributed by atoms with van der Waals surface area (Å²) in [5, 5.41) is 0. The maximum absolute atomic E-state index is 12.1. The van der Waals surface area contributed by atoms with Gasteiger partial charge in [0.05, 0.1) is 17.7 Å². The van der Waals surface area contributed by atoms with E-state index in [4.69, 9.17) is 9.47 Å². The molecule has 120 valence electrons. The molecule has 0 amide bonds. The third-order valence-corrected chi connectivity index (χ3v) is 4.00. The molecule has 23 heavy (non-hydrogen) atoms. The number of hydrogen-bond acceptors (Lipinski definition) is 4. The number of rotatable bonds is 5. The van der Waals surface area contributed by atoms with Gasteiger partial charge in [-0.3, -0.25) is 0 Å². The van der Waals surface area contributed by atoms with E-state index in [1.807, 2.05) is 19.9 Å². The van der Waals surface area contributed by atoms with Gasteiger partial charge in [0.2, 0.25) is 0 Å². The molecule has 0 unspecified atom stereocenters. The first-order valence-electron chi connectivity index (χ1n) is 7.26. The van der Waals surface area contributed by atoms with Gasteiger partial charge in [-0.2, -0.15) is 0 Å². The molecule has 0 saturated carbocycles. The third-order valence-electron chi connectivity index (χ3n) is 3.15. The van der Waals surface area contributed by atoms with Crippen LogP contribution in [0, 0.1) is 6.92 Å². The molecule has 4 nitrogen and oxygen atoms in total. The smallest absolute Gasteiger partial charge is 0.343 e. The van der Waals surface area contributed by atoms with Crippen LogP contribution >= 0.6 is 15.9 Å². The minimum atomic E-state index is -0.452. The lowest BCUT2D eigenvalue weighted by atomic mass is 10.1. The van der Waals surface area contributed by atoms with Gasteiger partial charge < -0.3 is 9.47 Å². The second kappa shape index (κ2) is 7.92. The number of aryl methyl sites for hydroxylation is 1. The molecule has 0 aromatic heterocycles. The third kappa shape index (κ3) is 4.66. The Morgan fingerprint density at radius 3 is 2.26 bits per heavy atom. The lowest BCUT2D eigenvalue weighted by Crippen LogP contribution is -2.09. The molecule has 0 fully saturated rings. The van der Waals surface area contributed by atoms with E-state index in [0.717, 1.165) is 16.5 Å². The van der Waals surface area contributed by atoms with E-state index in [1.54, 1.807) is 36.4 Å². The van der Waals surface area contributed by atoms with Crippen LogP contribution in [0.2, 0.25) is 0 Å². The number of halogens is 1. The average molecular weight is 377 g/mol. The SMILES string of the molecule is CCCOC(=O)c1ccc(OC(=O)c2ccc(C)c(Br)c2)cc1. The summed E-state index contributed by atoms with van der Waals surface area (Å²) in [4.78, 5) is 23.8. The van der Waals surface area contributed by atoms with Gasteiger partial charge >= 0.3 is 11.9 Å². The molecular formula is C18H17BrO4. The zero-order valence-electron chi connectivity index (χ0n) is 13.0. The van der Waals surface area contributed by atoms with Crippen molar-refractivity contribution in [3.05, 3.63) is 63.6 Å². The van der Waals surface area contributed by atoms with Crippen LogP contribution in [0.3, 0.4) is 0 Å².